The monoisotopic (exact) mass is 435 g/mol. The van der Waals surface area contributed by atoms with E-state index in [2.05, 4.69) is 22.4 Å². The maximum Gasteiger partial charge on any atom is 0.235 e. The second-order valence-electron chi connectivity index (χ2n) is 6.71. The van der Waals surface area contributed by atoms with E-state index >= 15 is 0 Å². The Labute approximate surface area is 183 Å². The van der Waals surface area contributed by atoms with Gasteiger partial charge in [0, 0.05) is 5.71 Å². The average molecular weight is 436 g/mol. The molecule has 0 fully saturated rings. The number of para-hydroxylation sites is 2. The Balaban J connectivity index is 1.65. The van der Waals surface area contributed by atoms with Crippen LogP contribution in [0.1, 0.15) is 29.8 Å². The molecule has 3 aromatic rings. The van der Waals surface area contributed by atoms with Gasteiger partial charge in [-0.15, -0.1) is 10.2 Å². The Bertz CT molecular complexity index is 1110. The molecule has 1 aromatic heterocycles. The first-order valence-electron chi connectivity index (χ1n) is 9.67. The Morgan fingerprint density at radius 2 is 1.73 bits per heavy atom. The van der Waals surface area contributed by atoms with Gasteiger partial charge in [-0.05, 0) is 31.0 Å². The molecule has 0 radical (unpaired) electrons. The zero-order chi connectivity index (χ0) is 20.9. The number of amidine groups is 1. The molecule has 0 unspecified atom stereocenters. The van der Waals surface area contributed by atoms with Crippen LogP contribution >= 0.6 is 23.1 Å². The van der Waals surface area contributed by atoms with Crippen molar-refractivity contribution >= 4 is 51.9 Å². The lowest BCUT2D eigenvalue weighted by atomic mass is 9.91. The summed E-state index contributed by atoms with van der Waals surface area (Å²) in [4.78, 5) is 22.5. The quantitative estimate of drug-likeness (QED) is 0.568. The molecule has 30 heavy (non-hydrogen) atoms. The summed E-state index contributed by atoms with van der Waals surface area (Å²) in [6, 6.07) is 17.8. The summed E-state index contributed by atoms with van der Waals surface area (Å²) < 4.78 is 0.784. The van der Waals surface area contributed by atoms with Crippen molar-refractivity contribution in [1.29, 1.82) is 0 Å². The van der Waals surface area contributed by atoms with Gasteiger partial charge in [0.2, 0.25) is 5.91 Å². The Kier molecular flexibility index (Phi) is 6.35. The lowest BCUT2D eigenvalue weighted by Crippen LogP contribution is -2.38. The average Bonchev–Trinajstić information content (AvgIpc) is 3.11. The van der Waals surface area contributed by atoms with Crippen LogP contribution in [0.2, 0.25) is 0 Å². The van der Waals surface area contributed by atoms with Crippen molar-refractivity contribution in [2.45, 2.75) is 30.5 Å². The number of aromatic nitrogens is 2. The second kappa shape index (κ2) is 9.32. The number of aliphatic imine (C=N–C) groups is 2. The van der Waals surface area contributed by atoms with Crippen LogP contribution in [-0.2, 0) is 4.79 Å². The molecule has 0 saturated heterocycles. The third-order valence-corrected chi connectivity index (χ3v) is 6.56. The van der Waals surface area contributed by atoms with E-state index < -0.39 is 0 Å². The molecular formula is C22H21N5OS2. The van der Waals surface area contributed by atoms with Crippen molar-refractivity contribution < 1.29 is 4.79 Å². The van der Waals surface area contributed by atoms with Crippen LogP contribution in [0.4, 0.5) is 11.4 Å². The number of benzene rings is 2. The maximum atomic E-state index is 12.8. The van der Waals surface area contributed by atoms with Crippen LogP contribution in [0.25, 0.3) is 0 Å². The van der Waals surface area contributed by atoms with Gasteiger partial charge in [-0.2, -0.15) is 0 Å². The van der Waals surface area contributed by atoms with Gasteiger partial charge in [0.25, 0.3) is 0 Å². The molecule has 0 spiro atoms. The van der Waals surface area contributed by atoms with Crippen molar-refractivity contribution in [2.75, 3.05) is 5.75 Å². The SMILES string of the molecule is CCC1=Nc2ccccc2N=C(NC(=O)CSc2nnc(C)s2)[C@@H]1c1ccccc1. The van der Waals surface area contributed by atoms with Gasteiger partial charge in [0.05, 0.1) is 23.0 Å². The standard InChI is InChI=1S/C22H21N5OS2/c1-3-16-20(15-9-5-4-6-10-15)21(24-18-12-8-7-11-17(18)23-16)25-19(28)13-29-22-27-26-14(2)30-22/h4-12,20H,3,13H2,1-2H3,(H,24,25,28)/t20-/m1/s1. The highest BCUT2D eigenvalue weighted by molar-refractivity contribution is 8.01. The smallest absolute Gasteiger partial charge is 0.235 e. The molecule has 1 N–H and O–H groups in total. The number of nitrogens with zero attached hydrogens (tertiary/aromatic N) is 4. The lowest BCUT2D eigenvalue weighted by molar-refractivity contribution is -0.117. The number of hydrogen-bond donors (Lipinski definition) is 1. The van der Waals surface area contributed by atoms with E-state index in [0.717, 1.165) is 38.4 Å². The van der Waals surface area contributed by atoms with Crippen LogP contribution in [-0.4, -0.2) is 33.4 Å². The summed E-state index contributed by atoms with van der Waals surface area (Å²) in [7, 11) is 0. The fraction of sp³-hybridized carbons (Fsp3) is 0.227. The Morgan fingerprint density at radius 3 is 2.40 bits per heavy atom. The van der Waals surface area contributed by atoms with Crippen LogP contribution in [0, 0.1) is 6.92 Å². The summed E-state index contributed by atoms with van der Waals surface area (Å²) in [6.07, 6.45) is 0.752. The van der Waals surface area contributed by atoms with Gasteiger partial charge < -0.3 is 5.32 Å². The molecule has 0 bridgehead atoms. The minimum Gasteiger partial charge on any atom is -0.313 e. The first-order chi connectivity index (χ1) is 14.6. The van der Waals surface area contributed by atoms with E-state index in [1.807, 2.05) is 61.5 Å². The Morgan fingerprint density at radius 1 is 1.03 bits per heavy atom. The van der Waals surface area contributed by atoms with Crippen LogP contribution in [0.15, 0.2) is 68.9 Å². The van der Waals surface area contributed by atoms with E-state index in [-0.39, 0.29) is 17.6 Å². The van der Waals surface area contributed by atoms with Gasteiger partial charge in [-0.3, -0.25) is 9.79 Å². The predicted octanol–water partition coefficient (Wildman–Crippen LogP) is 5.06. The molecule has 1 amide bonds. The molecule has 8 heteroatoms. The fourth-order valence-electron chi connectivity index (χ4n) is 3.25. The zero-order valence-corrected chi connectivity index (χ0v) is 18.3. The summed E-state index contributed by atoms with van der Waals surface area (Å²) in [5.74, 6) is 0.518. The van der Waals surface area contributed by atoms with Gasteiger partial charge in [-0.25, -0.2) is 4.99 Å². The summed E-state index contributed by atoms with van der Waals surface area (Å²) in [5, 5.41) is 12.0. The molecule has 1 aliphatic heterocycles. The number of carbonyl (C=O) groups excluding carboxylic acids is 1. The Hall–Kier alpha value is -2.84. The molecule has 0 saturated carbocycles. The highest BCUT2D eigenvalue weighted by Crippen LogP contribution is 2.35. The van der Waals surface area contributed by atoms with Gasteiger partial charge in [0.1, 0.15) is 10.8 Å². The minimum atomic E-state index is -0.207. The molecular weight excluding hydrogens is 414 g/mol. The van der Waals surface area contributed by atoms with E-state index in [9.17, 15) is 4.79 Å². The molecule has 152 valence electrons. The predicted molar refractivity (Wildman–Crippen MR) is 124 cm³/mol. The number of aryl methyl sites for hydroxylation is 1. The molecule has 2 heterocycles. The van der Waals surface area contributed by atoms with Crippen molar-refractivity contribution in [3.8, 4) is 0 Å². The largest absolute Gasteiger partial charge is 0.313 e. The number of thioether (sulfide) groups is 1. The highest BCUT2D eigenvalue weighted by Gasteiger charge is 2.27. The van der Waals surface area contributed by atoms with E-state index in [1.165, 1.54) is 23.1 Å². The third kappa shape index (κ3) is 4.66. The fourth-order valence-corrected chi connectivity index (χ4v) is 4.86. The molecule has 0 aliphatic carbocycles. The summed E-state index contributed by atoms with van der Waals surface area (Å²) in [5.41, 5.74) is 3.60. The van der Waals surface area contributed by atoms with Crippen molar-refractivity contribution in [1.82, 2.24) is 15.5 Å². The topological polar surface area (TPSA) is 79.6 Å². The van der Waals surface area contributed by atoms with Crippen LogP contribution in [0.3, 0.4) is 0 Å². The number of carbonyl (C=O) groups is 1. The highest BCUT2D eigenvalue weighted by atomic mass is 32.2. The number of nitrogens with one attached hydrogen (secondary N) is 1. The first kappa shape index (κ1) is 20.4. The van der Waals surface area contributed by atoms with E-state index in [0.29, 0.717) is 5.84 Å². The van der Waals surface area contributed by atoms with E-state index in [1.54, 1.807) is 0 Å². The lowest BCUT2D eigenvalue weighted by Gasteiger charge is -2.20. The van der Waals surface area contributed by atoms with Crippen molar-refractivity contribution in [2.24, 2.45) is 9.98 Å². The number of rotatable bonds is 5. The zero-order valence-electron chi connectivity index (χ0n) is 16.7. The summed E-state index contributed by atoms with van der Waals surface area (Å²) >= 11 is 2.86. The second-order valence-corrected chi connectivity index (χ2v) is 9.11. The number of fused-ring (bicyclic) bond motifs is 1. The molecule has 4 rings (SSSR count). The number of hydrogen-bond acceptors (Lipinski definition) is 7. The van der Waals surface area contributed by atoms with Gasteiger partial charge >= 0.3 is 0 Å². The third-order valence-electron chi connectivity index (χ3n) is 4.59. The van der Waals surface area contributed by atoms with Crippen molar-refractivity contribution in [3.05, 3.63) is 65.2 Å². The van der Waals surface area contributed by atoms with Gasteiger partial charge in [-0.1, -0.05) is 72.5 Å². The minimum absolute atomic E-state index is 0.123. The maximum absolute atomic E-state index is 12.8. The molecule has 2 aromatic carbocycles. The number of amides is 1. The molecule has 6 nitrogen and oxygen atoms in total. The summed E-state index contributed by atoms with van der Waals surface area (Å²) in [6.45, 7) is 3.98. The van der Waals surface area contributed by atoms with Crippen molar-refractivity contribution in [3.63, 3.8) is 0 Å². The first-order valence-corrected chi connectivity index (χ1v) is 11.5. The van der Waals surface area contributed by atoms with Crippen LogP contribution in [0.5, 0.6) is 0 Å². The normalized spacial score (nSPS) is 15.6. The van der Waals surface area contributed by atoms with Gasteiger partial charge in [0.15, 0.2) is 4.34 Å². The van der Waals surface area contributed by atoms with Crippen LogP contribution < -0.4 is 5.32 Å². The van der Waals surface area contributed by atoms with E-state index in [4.69, 9.17) is 9.98 Å². The molecule has 1 atom stereocenters. The molecule has 1 aliphatic rings.